The van der Waals surface area contributed by atoms with Gasteiger partial charge in [0.05, 0.1) is 0 Å². The largest absolute Gasteiger partial charge is 0.356 e. The van der Waals surface area contributed by atoms with E-state index < -0.39 is 0 Å². The van der Waals surface area contributed by atoms with E-state index in [0.717, 1.165) is 19.5 Å². The minimum absolute atomic E-state index is 0.204. The molecule has 0 spiro atoms. The Labute approximate surface area is 127 Å². The van der Waals surface area contributed by atoms with Crippen molar-refractivity contribution in [2.75, 3.05) is 13.1 Å². The summed E-state index contributed by atoms with van der Waals surface area (Å²) < 4.78 is 0. The smallest absolute Gasteiger partial charge is 0.221 e. The maximum Gasteiger partial charge on any atom is 0.221 e. The molecule has 0 radical (unpaired) electrons. The molecule has 2 aliphatic rings. The van der Waals surface area contributed by atoms with E-state index in [4.69, 9.17) is 0 Å². The number of carbonyl (C=O) groups excluding carboxylic acids is 1. The Hall–Kier alpha value is -1.35. The van der Waals surface area contributed by atoms with Crippen LogP contribution in [-0.4, -0.2) is 29.9 Å². The van der Waals surface area contributed by atoms with Crippen molar-refractivity contribution in [1.82, 2.24) is 10.2 Å². The van der Waals surface area contributed by atoms with Crippen LogP contribution >= 0.6 is 0 Å². The highest BCUT2D eigenvalue weighted by molar-refractivity contribution is 5.76. The summed E-state index contributed by atoms with van der Waals surface area (Å²) in [6, 6.07) is 11.5. The van der Waals surface area contributed by atoms with E-state index in [2.05, 4.69) is 40.5 Å². The van der Waals surface area contributed by atoms with Crippen molar-refractivity contribution in [3.8, 4) is 0 Å². The topological polar surface area (TPSA) is 32.3 Å². The average molecular weight is 286 g/mol. The van der Waals surface area contributed by atoms with Gasteiger partial charge in [0, 0.05) is 25.0 Å². The fourth-order valence-corrected chi connectivity index (χ4v) is 3.48. The minimum Gasteiger partial charge on any atom is -0.356 e. The minimum atomic E-state index is 0.204. The monoisotopic (exact) mass is 286 g/mol. The van der Waals surface area contributed by atoms with Gasteiger partial charge in [0.2, 0.25) is 5.91 Å². The van der Waals surface area contributed by atoms with E-state index in [1.165, 1.54) is 37.7 Å². The lowest BCUT2D eigenvalue weighted by Crippen LogP contribution is -2.45. The first-order chi connectivity index (χ1) is 10.3. The Morgan fingerprint density at radius 2 is 1.81 bits per heavy atom. The summed E-state index contributed by atoms with van der Waals surface area (Å²) in [5.41, 5.74) is 1.29. The van der Waals surface area contributed by atoms with Gasteiger partial charge in [-0.15, -0.1) is 0 Å². The average Bonchev–Trinajstić information content (AvgIpc) is 2.46. The molecule has 21 heavy (non-hydrogen) atoms. The second-order valence-corrected chi connectivity index (χ2v) is 6.36. The van der Waals surface area contributed by atoms with Crippen molar-refractivity contribution in [1.29, 1.82) is 0 Å². The van der Waals surface area contributed by atoms with Gasteiger partial charge in [-0.25, -0.2) is 0 Å². The Morgan fingerprint density at radius 3 is 2.52 bits per heavy atom. The second-order valence-electron chi connectivity index (χ2n) is 6.36. The van der Waals surface area contributed by atoms with Crippen molar-refractivity contribution in [2.45, 2.75) is 57.0 Å². The summed E-state index contributed by atoms with van der Waals surface area (Å²) in [4.78, 5) is 14.8. The summed E-state index contributed by atoms with van der Waals surface area (Å²) >= 11 is 0. The highest BCUT2D eigenvalue weighted by Crippen LogP contribution is 2.34. The normalized spacial score (nSPS) is 25.9. The maximum atomic E-state index is 12.2. The quantitative estimate of drug-likeness (QED) is 0.905. The molecule has 1 unspecified atom stereocenters. The molecule has 1 heterocycles. The summed E-state index contributed by atoms with van der Waals surface area (Å²) in [5.74, 6) is 0.204. The highest BCUT2D eigenvalue weighted by atomic mass is 16.1. The highest BCUT2D eigenvalue weighted by Gasteiger charge is 2.32. The molecule has 114 valence electrons. The fourth-order valence-electron chi connectivity index (χ4n) is 3.48. The van der Waals surface area contributed by atoms with Gasteiger partial charge < -0.3 is 5.32 Å². The Kier molecular flexibility index (Phi) is 4.91. The van der Waals surface area contributed by atoms with Crippen LogP contribution in [-0.2, 0) is 4.79 Å². The number of hydrogen-bond donors (Lipinski definition) is 1. The first-order valence-electron chi connectivity index (χ1n) is 8.42. The van der Waals surface area contributed by atoms with E-state index in [1.54, 1.807) is 0 Å². The zero-order chi connectivity index (χ0) is 14.5. The number of rotatable bonds is 2. The summed E-state index contributed by atoms with van der Waals surface area (Å²) in [7, 11) is 0. The number of benzene rings is 1. The SMILES string of the molecule is O=C1CC(c2ccccc2)N(C2CCC2)CCCCCN1. The standard InChI is InChI=1S/C18H26N2O/c21-18-14-17(15-8-3-1-4-9-15)20(16-10-7-11-16)13-6-2-5-12-19-18/h1,3-4,8-9,16-17H,2,5-7,10-14H2,(H,19,21). The van der Waals surface area contributed by atoms with E-state index in [-0.39, 0.29) is 11.9 Å². The summed E-state index contributed by atoms with van der Waals surface area (Å²) in [5, 5.41) is 3.08. The third-order valence-corrected chi connectivity index (χ3v) is 4.92. The summed E-state index contributed by atoms with van der Waals surface area (Å²) in [6.45, 7) is 1.97. The lowest BCUT2D eigenvalue weighted by Gasteiger charge is -2.43. The number of hydrogen-bond acceptors (Lipinski definition) is 2. The molecule has 3 rings (SSSR count). The van der Waals surface area contributed by atoms with Crippen molar-refractivity contribution < 1.29 is 4.79 Å². The lowest BCUT2D eigenvalue weighted by atomic mass is 9.87. The van der Waals surface area contributed by atoms with Crippen molar-refractivity contribution in [2.24, 2.45) is 0 Å². The van der Waals surface area contributed by atoms with Crippen LogP contribution in [0.1, 0.15) is 56.6 Å². The van der Waals surface area contributed by atoms with Gasteiger partial charge in [-0.3, -0.25) is 9.69 Å². The van der Waals surface area contributed by atoms with Crippen LogP contribution in [0.4, 0.5) is 0 Å². The van der Waals surface area contributed by atoms with E-state index >= 15 is 0 Å². The number of carbonyl (C=O) groups is 1. The zero-order valence-corrected chi connectivity index (χ0v) is 12.8. The molecule has 1 amide bonds. The van der Waals surface area contributed by atoms with Crippen LogP contribution in [0.25, 0.3) is 0 Å². The Morgan fingerprint density at radius 1 is 1.00 bits per heavy atom. The van der Waals surface area contributed by atoms with Gasteiger partial charge in [-0.2, -0.15) is 0 Å². The number of nitrogens with one attached hydrogen (secondary N) is 1. The molecule has 0 aromatic heterocycles. The third-order valence-electron chi connectivity index (χ3n) is 4.92. The Bertz CT molecular complexity index is 456. The predicted molar refractivity (Wildman–Crippen MR) is 85.0 cm³/mol. The molecular formula is C18H26N2O. The molecule has 1 aliphatic carbocycles. The molecular weight excluding hydrogens is 260 g/mol. The first kappa shape index (κ1) is 14.6. The second kappa shape index (κ2) is 7.08. The van der Waals surface area contributed by atoms with Crippen molar-refractivity contribution in [3.05, 3.63) is 35.9 Å². The molecule has 2 fully saturated rings. The van der Waals surface area contributed by atoms with E-state index in [0.29, 0.717) is 12.5 Å². The van der Waals surface area contributed by atoms with Crippen molar-refractivity contribution >= 4 is 5.91 Å². The molecule has 1 aromatic carbocycles. The van der Waals surface area contributed by atoms with Gasteiger partial charge in [-0.1, -0.05) is 43.2 Å². The molecule has 3 heteroatoms. The van der Waals surface area contributed by atoms with Crippen LogP contribution in [0.5, 0.6) is 0 Å². The van der Waals surface area contributed by atoms with Crippen molar-refractivity contribution in [3.63, 3.8) is 0 Å². The number of nitrogens with zero attached hydrogens (tertiary/aromatic N) is 1. The van der Waals surface area contributed by atoms with Crippen LogP contribution in [0.3, 0.4) is 0 Å². The zero-order valence-electron chi connectivity index (χ0n) is 12.8. The van der Waals surface area contributed by atoms with Gasteiger partial charge in [0.1, 0.15) is 0 Å². The molecule has 1 saturated carbocycles. The molecule has 1 N–H and O–H groups in total. The van der Waals surface area contributed by atoms with Crippen LogP contribution in [0, 0.1) is 0 Å². The maximum absolute atomic E-state index is 12.2. The van der Waals surface area contributed by atoms with Gasteiger partial charge in [0.25, 0.3) is 0 Å². The first-order valence-corrected chi connectivity index (χ1v) is 8.42. The van der Waals surface area contributed by atoms with E-state index in [1.807, 2.05) is 0 Å². The van der Waals surface area contributed by atoms with Crippen LogP contribution in [0.2, 0.25) is 0 Å². The molecule has 1 atom stereocenters. The Balaban J connectivity index is 1.83. The van der Waals surface area contributed by atoms with Gasteiger partial charge in [-0.05, 0) is 37.8 Å². The molecule has 3 nitrogen and oxygen atoms in total. The van der Waals surface area contributed by atoms with Gasteiger partial charge >= 0.3 is 0 Å². The molecule has 1 aliphatic heterocycles. The van der Waals surface area contributed by atoms with E-state index in [9.17, 15) is 4.79 Å². The molecule has 1 aromatic rings. The van der Waals surface area contributed by atoms with Gasteiger partial charge in [0.15, 0.2) is 0 Å². The fraction of sp³-hybridized carbons (Fsp3) is 0.611. The predicted octanol–water partition coefficient (Wildman–Crippen LogP) is 3.27. The number of amides is 1. The van der Waals surface area contributed by atoms with Crippen LogP contribution < -0.4 is 5.32 Å². The third kappa shape index (κ3) is 3.65. The lowest BCUT2D eigenvalue weighted by molar-refractivity contribution is -0.123. The van der Waals surface area contributed by atoms with Crippen LogP contribution in [0.15, 0.2) is 30.3 Å². The molecule has 0 bridgehead atoms. The summed E-state index contributed by atoms with van der Waals surface area (Å²) in [6.07, 6.45) is 8.10. The molecule has 1 saturated heterocycles.